The zero-order valence-corrected chi connectivity index (χ0v) is 24.7. The molecule has 1 saturated heterocycles. The Morgan fingerprint density at radius 3 is 2.36 bits per heavy atom. The SMILES string of the molecule is CN=CC(=C(C)N)S(=O)(=O)NC(=O)c1ccc(-n2ccc(OCC(C)(C)C)n2)nc1B1OC(C)(C)C(C)(C)O1. The minimum Gasteiger partial charge on any atom is -0.476 e. The van der Waals surface area contributed by atoms with Gasteiger partial charge in [0.1, 0.15) is 4.91 Å². The van der Waals surface area contributed by atoms with Crippen molar-refractivity contribution in [1.29, 1.82) is 0 Å². The lowest BCUT2D eigenvalue weighted by atomic mass is 9.80. The van der Waals surface area contributed by atoms with Crippen molar-refractivity contribution in [3.05, 3.63) is 40.6 Å². The van der Waals surface area contributed by atoms with E-state index < -0.39 is 34.3 Å². The smallest absolute Gasteiger partial charge is 0.476 e. The number of aliphatic imine (C=N–C) groups is 1. The zero-order chi connectivity index (χ0) is 29.4. The standard InChI is InChI=1S/C25H37BN6O6S/c1-16(27)18(14-28-9)39(34,35)31-22(33)17-10-11-19(32-13-12-20(30-32)36-15-23(2,3)4)29-21(17)26-37-24(5,6)25(7,8)38-26/h10-14H,15,27H2,1-9H3,(H,31,33). The number of carbonyl (C=O) groups is 1. The van der Waals surface area contributed by atoms with Crippen molar-refractivity contribution >= 4 is 34.9 Å². The highest BCUT2D eigenvalue weighted by Crippen LogP contribution is 2.36. The maximum absolute atomic E-state index is 13.3. The molecule has 0 spiro atoms. The molecular formula is C25H37BN6O6S. The molecule has 0 aromatic carbocycles. The van der Waals surface area contributed by atoms with E-state index in [-0.39, 0.29) is 27.2 Å². The molecule has 0 aliphatic carbocycles. The fourth-order valence-electron chi connectivity index (χ4n) is 3.45. The predicted molar refractivity (Wildman–Crippen MR) is 150 cm³/mol. The first kappa shape index (κ1) is 30.3. The molecule has 2 aromatic heterocycles. The molecule has 39 heavy (non-hydrogen) atoms. The second-order valence-electron chi connectivity index (χ2n) is 11.5. The molecule has 3 N–H and O–H groups in total. The lowest BCUT2D eigenvalue weighted by molar-refractivity contribution is 0.00578. The van der Waals surface area contributed by atoms with E-state index in [1.165, 1.54) is 30.8 Å². The van der Waals surface area contributed by atoms with Crippen LogP contribution in [0.2, 0.25) is 0 Å². The summed E-state index contributed by atoms with van der Waals surface area (Å²) in [6.45, 7) is 15.5. The summed E-state index contributed by atoms with van der Waals surface area (Å²) in [7, 11) is -4.00. The first-order chi connectivity index (χ1) is 17.9. The van der Waals surface area contributed by atoms with Gasteiger partial charge in [-0.2, -0.15) is 0 Å². The number of nitrogens with zero attached hydrogens (tertiary/aromatic N) is 4. The Hall–Kier alpha value is -3.23. The van der Waals surface area contributed by atoms with E-state index in [0.29, 0.717) is 18.3 Å². The van der Waals surface area contributed by atoms with Gasteiger partial charge in [0.2, 0.25) is 5.88 Å². The third-order valence-electron chi connectivity index (χ3n) is 6.24. The van der Waals surface area contributed by atoms with Gasteiger partial charge in [-0.15, -0.1) is 5.10 Å². The minimum absolute atomic E-state index is 0.0243. The number of sulfonamides is 1. The van der Waals surface area contributed by atoms with Crippen LogP contribution in [0.3, 0.4) is 0 Å². The second-order valence-corrected chi connectivity index (χ2v) is 13.2. The lowest BCUT2D eigenvalue weighted by Crippen LogP contribution is -2.44. The van der Waals surface area contributed by atoms with Crippen LogP contribution in [-0.4, -0.2) is 67.3 Å². The number of carbonyl (C=O) groups excluding carboxylic acids is 1. The number of rotatable bonds is 8. The minimum atomic E-state index is -4.33. The van der Waals surface area contributed by atoms with Gasteiger partial charge in [0.15, 0.2) is 5.82 Å². The van der Waals surface area contributed by atoms with E-state index in [0.717, 1.165) is 6.21 Å². The van der Waals surface area contributed by atoms with Crippen molar-refractivity contribution in [3.8, 4) is 11.7 Å². The molecule has 1 aliphatic rings. The van der Waals surface area contributed by atoms with Crippen molar-refractivity contribution in [2.45, 2.75) is 66.6 Å². The molecule has 212 valence electrons. The van der Waals surface area contributed by atoms with Crippen LogP contribution < -0.4 is 20.8 Å². The first-order valence-electron chi connectivity index (χ1n) is 12.4. The summed E-state index contributed by atoms with van der Waals surface area (Å²) in [6, 6.07) is 4.68. The van der Waals surface area contributed by atoms with E-state index in [4.69, 9.17) is 19.8 Å². The molecule has 3 rings (SSSR count). The molecule has 1 amide bonds. The Morgan fingerprint density at radius 1 is 1.21 bits per heavy atom. The third kappa shape index (κ3) is 6.86. The fraction of sp³-hybridized carbons (Fsp3) is 0.520. The van der Waals surface area contributed by atoms with Crippen LogP contribution in [0.25, 0.3) is 5.82 Å². The van der Waals surface area contributed by atoms with E-state index in [9.17, 15) is 13.2 Å². The number of aromatic nitrogens is 3. The van der Waals surface area contributed by atoms with Crippen molar-refractivity contribution in [2.24, 2.45) is 16.1 Å². The van der Waals surface area contributed by atoms with Crippen molar-refractivity contribution < 1.29 is 27.3 Å². The van der Waals surface area contributed by atoms with Crippen molar-refractivity contribution in [3.63, 3.8) is 0 Å². The third-order valence-corrected chi connectivity index (χ3v) is 7.70. The lowest BCUT2D eigenvalue weighted by Gasteiger charge is -2.32. The molecule has 0 radical (unpaired) electrons. The number of allylic oxidation sites excluding steroid dienone is 2. The maximum atomic E-state index is 13.3. The van der Waals surface area contributed by atoms with Gasteiger partial charge < -0.3 is 19.8 Å². The molecule has 1 fully saturated rings. The average molecular weight is 560 g/mol. The Kier molecular flexibility index (Phi) is 8.35. The first-order valence-corrected chi connectivity index (χ1v) is 13.9. The van der Waals surface area contributed by atoms with Gasteiger partial charge in [0.25, 0.3) is 15.9 Å². The Morgan fingerprint density at radius 2 is 1.82 bits per heavy atom. The van der Waals surface area contributed by atoms with Gasteiger partial charge in [-0.05, 0) is 52.2 Å². The molecule has 3 heterocycles. The van der Waals surface area contributed by atoms with E-state index in [1.807, 2.05) is 32.4 Å². The van der Waals surface area contributed by atoms with Gasteiger partial charge in [-0.25, -0.2) is 22.8 Å². The van der Waals surface area contributed by atoms with Gasteiger partial charge in [0, 0.05) is 31.2 Å². The Labute approximate surface area is 230 Å². The largest absolute Gasteiger partial charge is 0.515 e. The van der Waals surface area contributed by atoms with Crippen LogP contribution in [0.1, 0.15) is 65.7 Å². The Bertz CT molecular complexity index is 1390. The van der Waals surface area contributed by atoms with Crippen molar-refractivity contribution in [1.82, 2.24) is 19.5 Å². The molecule has 2 aromatic rings. The molecule has 14 heteroatoms. The Balaban J connectivity index is 2.04. The summed E-state index contributed by atoms with van der Waals surface area (Å²) >= 11 is 0. The predicted octanol–water partition coefficient (Wildman–Crippen LogP) is 1.94. The summed E-state index contributed by atoms with van der Waals surface area (Å²) in [5.74, 6) is -0.177. The number of nitrogens with two attached hydrogens (primary N) is 1. The highest BCUT2D eigenvalue weighted by Gasteiger charge is 2.53. The van der Waals surface area contributed by atoms with Crippen LogP contribution in [0.4, 0.5) is 0 Å². The van der Waals surface area contributed by atoms with Crippen molar-refractivity contribution in [2.75, 3.05) is 13.7 Å². The molecule has 0 bridgehead atoms. The quantitative estimate of drug-likeness (QED) is 0.363. The van der Waals surface area contributed by atoms with Crippen LogP contribution in [0.15, 0.2) is 40.0 Å². The fourth-order valence-corrected chi connectivity index (χ4v) is 4.58. The van der Waals surface area contributed by atoms with Gasteiger partial charge in [-0.1, -0.05) is 20.8 Å². The molecule has 0 saturated carbocycles. The number of nitrogens with one attached hydrogen (secondary N) is 1. The van der Waals surface area contributed by atoms with Crippen LogP contribution in [-0.2, 0) is 19.3 Å². The number of pyridine rings is 1. The van der Waals surface area contributed by atoms with E-state index in [2.05, 4.69) is 35.8 Å². The molecule has 12 nitrogen and oxygen atoms in total. The van der Waals surface area contributed by atoms with Crippen LogP contribution in [0, 0.1) is 5.41 Å². The molecule has 0 unspecified atom stereocenters. The maximum Gasteiger partial charge on any atom is 0.515 e. The summed E-state index contributed by atoms with van der Waals surface area (Å²) in [6.07, 6.45) is 2.74. The zero-order valence-electron chi connectivity index (χ0n) is 23.9. The summed E-state index contributed by atoms with van der Waals surface area (Å²) in [4.78, 5) is 21.4. The number of hydrogen-bond donors (Lipinski definition) is 2. The molecule has 0 atom stereocenters. The highest BCUT2D eigenvalue weighted by molar-refractivity contribution is 7.94. The average Bonchev–Trinajstić information content (AvgIpc) is 3.36. The van der Waals surface area contributed by atoms with E-state index >= 15 is 0 Å². The summed E-state index contributed by atoms with van der Waals surface area (Å²) in [5.41, 5.74) is 4.21. The monoisotopic (exact) mass is 560 g/mol. The second kappa shape index (κ2) is 10.7. The normalized spacial score (nSPS) is 17.8. The highest BCUT2D eigenvalue weighted by atomic mass is 32.2. The van der Waals surface area contributed by atoms with Gasteiger partial charge >= 0.3 is 7.12 Å². The number of ether oxygens (including phenoxy) is 1. The van der Waals surface area contributed by atoms with Gasteiger partial charge in [-0.3, -0.25) is 9.79 Å². The molecule has 1 aliphatic heterocycles. The number of amides is 1. The number of hydrogen-bond acceptors (Lipinski definition) is 10. The summed E-state index contributed by atoms with van der Waals surface area (Å²) < 4.78 is 47.5. The molecular weight excluding hydrogens is 523 g/mol. The van der Waals surface area contributed by atoms with Crippen LogP contribution in [0.5, 0.6) is 5.88 Å². The topological polar surface area (TPSA) is 160 Å². The van der Waals surface area contributed by atoms with Crippen LogP contribution >= 0.6 is 0 Å². The van der Waals surface area contributed by atoms with Gasteiger partial charge in [0.05, 0.1) is 29.0 Å². The van der Waals surface area contributed by atoms with E-state index in [1.54, 1.807) is 12.3 Å². The summed E-state index contributed by atoms with van der Waals surface area (Å²) in [5, 5.41) is 4.42.